The molecule has 2 nitrogen and oxygen atoms in total. The quantitative estimate of drug-likeness (QED) is 0.490. The minimum atomic E-state index is -6.13. The van der Waals surface area contributed by atoms with Crippen LogP contribution in [-0.4, -0.2) is 23.5 Å². The Hall–Kier alpha value is -0.970. The average Bonchev–Trinajstić information content (AvgIpc) is 2.07. The summed E-state index contributed by atoms with van der Waals surface area (Å²) in [4.78, 5) is 2.39. The summed E-state index contributed by atoms with van der Waals surface area (Å²) in [6, 6.07) is -5.69. The van der Waals surface area contributed by atoms with E-state index in [-0.39, 0.29) is 0 Å². The fraction of sp³-hybridized carbons (Fsp3) is 0.600. The molecule has 94 valence electrons. The molecule has 0 unspecified atom stereocenters. The molecule has 0 N–H and O–H groups in total. The molecule has 1 heterocycles. The van der Waals surface area contributed by atoms with Crippen molar-refractivity contribution in [2.24, 2.45) is 0 Å². The van der Waals surface area contributed by atoms with Crippen molar-refractivity contribution in [3.63, 3.8) is 0 Å². The lowest BCUT2D eigenvalue weighted by atomic mass is 10.3. The van der Waals surface area contributed by atoms with Gasteiger partial charge in [0.2, 0.25) is 11.7 Å². The van der Waals surface area contributed by atoms with Crippen LogP contribution in [0.3, 0.4) is 0 Å². The largest absolute Gasteiger partial charge is 0.488 e. The minimum Gasteiger partial charge on any atom is -0.210 e. The summed E-state index contributed by atoms with van der Waals surface area (Å²) in [6.07, 6.45) is -11.6. The van der Waals surface area contributed by atoms with Gasteiger partial charge < -0.3 is 0 Å². The van der Waals surface area contributed by atoms with Gasteiger partial charge in [-0.15, -0.1) is 0 Å². The number of hydrogen-bond acceptors (Lipinski definition) is 2. The third-order valence-corrected chi connectivity index (χ3v) is 1.40. The van der Waals surface area contributed by atoms with E-state index in [1.54, 1.807) is 0 Å². The summed E-state index contributed by atoms with van der Waals surface area (Å²) in [5.41, 5.74) is 0. The first-order chi connectivity index (χ1) is 6.90. The van der Waals surface area contributed by atoms with Crippen LogP contribution < -0.4 is 0 Å². The maximum absolute atomic E-state index is 12.4. The van der Waals surface area contributed by atoms with Gasteiger partial charge in [-0.05, 0) is 5.06 Å². The molecule has 0 aliphatic carbocycles. The van der Waals surface area contributed by atoms with Crippen LogP contribution in [0.5, 0.6) is 0 Å². The van der Waals surface area contributed by atoms with Crippen molar-refractivity contribution in [1.29, 1.82) is 0 Å². The maximum atomic E-state index is 12.4. The third kappa shape index (κ3) is 1.84. The lowest BCUT2D eigenvalue weighted by Crippen LogP contribution is -2.57. The molecule has 0 aromatic heterocycles. The van der Waals surface area contributed by atoms with Crippen molar-refractivity contribution < 1.29 is 44.4 Å². The summed E-state index contributed by atoms with van der Waals surface area (Å²) < 4.78 is 109. The van der Waals surface area contributed by atoms with Gasteiger partial charge in [-0.3, -0.25) is 0 Å². The highest BCUT2D eigenvalue weighted by molar-refractivity contribution is 5.15. The first-order valence-corrected chi connectivity index (χ1v) is 3.28. The van der Waals surface area contributed by atoms with Crippen LogP contribution in [0, 0.1) is 0 Å². The zero-order valence-corrected chi connectivity index (χ0v) is 6.76. The van der Waals surface area contributed by atoms with Crippen LogP contribution >= 0.6 is 0 Å². The Labute approximate surface area is 80.8 Å². The van der Waals surface area contributed by atoms with E-state index in [1.807, 2.05) is 0 Å². The Morgan fingerprint density at radius 2 is 1.38 bits per heavy atom. The van der Waals surface area contributed by atoms with E-state index in [0.29, 0.717) is 0 Å². The van der Waals surface area contributed by atoms with Gasteiger partial charge in [-0.25, -0.2) is 9.23 Å². The number of rotatable bonds is 0. The zero-order chi connectivity index (χ0) is 12.9. The molecule has 0 bridgehead atoms. The Kier molecular flexibility index (Phi) is 2.67. The highest BCUT2D eigenvalue weighted by Crippen LogP contribution is 2.48. The number of alkyl halides is 7. The molecule has 0 spiro atoms. The first kappa shape index (κ1) is 13.1. The normalized spacial score (nSPS) is 26.1. The molecule has 0 aromatic rings. The van der Waals surface area contributed by atoms with Gasteiger partial charge in [-0.2, -0.15) is 35.1 Å². The van der Waals surface area contributed by atoms with Gasteiger partial charge in [0.05, 0.1) is 0 Å². The van der Waals surface area contributed by atoms with Crippen molar-refractivity contribution >= 4 is 0 Å². The molecule has 0 amide bonds. The summed E-state index contributed by atoms with van der Waals surface area (Å²) >= 11 is 0. The SMILES string of the molecule is FC1=C(F)C(F)(F)N(C(F)(F)F)OC1(F)F. The van der Waals surface area contributed by atoms with Gasteiger partial charge >= 0.3 is 18.5 Å². The van der Waals surface area contributed by atoms with Crippen LogP contribution in [0.25, 0.3) is 0 Å². The highest BCUT2D eigenvalue weighted by atomic mass is 19.4. The van der Waals surface area contributed by atoms with Crippen molar-refractivity contribution in [3.05, 3.63) is 11.7 Å². The molecule has 1 aliphatic rings. The molecule has 1 aliphatic heterocycles. The van der Waals surface area contributed by atoms with Crippen molar-refractivity contribution in [1.82, 2.24) is 5.06 Å². The topological polar surface area (TPSA) is 12.5 Å². The lowest BCUT2D eigenvalue weighted by Gasteiger charge is -2.35. The van der Waals surface area contributed by atoms with E-state index in [4.69, 9.17) is 0 Å². The molecule has 0 atom stereocenters. The summed E-state index contributed by atoms with van der Waals surface area (Å²) in [6.45, 7) is 0. The van der Waals surface area contributed by atoms with Crippen molar-refractivity contribution in [2.75, 3.05) is 0 Å². The predicted octanol–water partition coefficient (Wildman–Crippen LogP) is 3.09. The second-order valence-electron chi connectivity index (χ2n) is 2.54. The summed E-state index contributed by atoms with van der Waals surface area (Å²) in [7, 11) is 0. The molecule has 1 rings (SSSR count). The van der Waals surface area contributed by atoms with E-state index in [9.17, 15) is 39.5 Å². The number of hydroxylamine groups is 2. The number of hydrogen-bond donors (Lipinski definition) is 0. The van der Waals surface area contributed by atoms with Crippen LogP contribution in [0.4, 0.5) is 39.5 Å². The van der Waals surface area contributed by atoms with E-state index in [2.05, 4.69) is 4.84 Å². The smallest absolute Gasteiger partial charge is 0.210 e. The van der Waals surface area contributed by atoms with Crippen LogP contribution in [-0.2, 0) is 4.84 Å². The number of nitrogens with zero attached hydrogens (tertiary/aromatic N) is 1. The van der Waals surface area contributed by atoms with Gasteiger partial charge in [0, 0.05) is 0 Å². The van der Waals surface area contributed by atoms with E-state index >= 15 is 0 Å². The molecule has 0 saturated carbocycles. The molecule has 11 heteroatoms. The Morgan fingerprint density at radius 3 is 1.75 bits per heavy atom. The lowest BCUT2D eigenvalue weighted by molar-refractivity contribution is -0.509. The van der Waals surface area contributed by atoms with Crippen LogP contribution in [0.2, 0.25) is 0 Å². The van der Waals surface area contributed by atoms with Gasteiger partial charge in [0.15, 0.2) is 0 Å². The van der Waals surface area contributed by atoms with E-state index < -0.39 is 35.2 Å². The van der Waals surface area contributed by atoms with Crippen molar-refractivity contribution in [2.45, 2.75) is 18.5 Å². The molecule has 0 aromatic carbocycles. The van der Waals surface area contributed by atoms with Gasteiger partial charge in [-0.1, -0.05) is 0 Å². The highest BCUT2D eigenvalue weighted by Gasteiger charge is 2.67. The molecular weight excluding hydrogens is 261 g/mol. The Bertz CT molecular complexity index is 331. The standard InChI is InChI=1S/C5F9NO/c6-1-2(7)4(10,11)16-15(3(1,8)9)5(12,13)14. The van der Waals surface area contributed by atoms with Crippen molar-refractivity contribution in [3.8, 4) is 0 Å². The maximum Gasteiger partial charge on any atom is 0.488 e. The summed E-state index contributed by atoms with van der Waals surface area (Å²) in [5.74, 6) is -6.96. The Balaban J connectivity index is 3.31. The monoisotopic (exact) mass is 261 g/mol. The van der Waals surface area contributed by atoms with Gasteiger partial charge in [0.1, 0.15) is 0 Å². The molecular formula is C5F9NO. The molecule has 0 fully saturated rings. The molecule has 0 radical (unpaired) electrons. The minimum absolute atomic E-state index is 2.39. The summed E-state index contributed by atoms with van der Waals surface area (Å²) in [5, 5.41) is -2.56. The third-order valence-electron chi connectivity index (χ3n) is 1.40. The second-order valence-corrected chi connectivity index (χ2v) is 2.54. The molecule has 0 saturated heterocycles. The van der Waals surface area contributed by atoms with Crippen LogP contribution in [0.15, 0.2) is 11.7 Å². The molecule has 16 heavy (non-hydrogen) atoms. The van der Waals surface area contributed by atoms with Crippen LogP contribution in [0.1, 0.15) is 0 Å². The number of halogens is 9. The first-order valence-electron chi connectivity index (χ1n) is 3.28. The Morgan fingerprint density at radius 1 is 0.938 bits per heavy atom. The fourth-order valence-corrected chi connectivity index (χ4v) is 0.772. The second kappa shape index (κ2) is 3.26. The zero-order valence-electron chi connectivity index (χ0n) is 6.76. The predicted molar refractivity (Wildman–Crippen MR) is 28.1 cm³/mol. The van der Waals surface area contributed by atoms with Gasteiger partial charge in [0.25, 0.3) is 0 Å². The van der Waals surface area contributed by atoms with E-state index in [1.165, 1.54) is 0 Å². The van der Waals surface area contributed by atoms with E-state index in [0.717, 1.165) is 0 Å². The average molecular weight is 261 g/mol. The fourth-order valence-electron chi connectivity index (χ4n) is 0.772.